The maximum Gasteiger partial charge on any atom is 0.257 e. The molecule has 1 fully saturated rings. The van der Waals surface area contributed by atoms with Crippen LogP contribution < -0.4 is 4.90 Å². The zero-order chi connectivity index (χ0) is 19.4. The van der Waals surface area contributed by atoms with Gasteiger partial charge in [-0.25, -0.2) is 4.98 Å². The first-order valence-electron chi connectivity index (χ1n) is 9.47. The lowest BCUT2D eigenvalue weighted by Crippen LogP contribution is -2.46. The SMILES string of the molecule is CCN(CC1CCN(c2ccccn2)CC1)C(=O)CN1C(=O)C=C(C)C1=O. The van der Waals surface area contributed by atoms with Gasteiger partial charge in [0.25, 0.3) is 11.8 Å². The molecule has 3 heterocycles. The summed E-state index contributed by atoms with van der Waals surface area (Å²) in [6.45, 7) is 6.41. The highest BCUT2D eigenvalue weighted by Gasteiger charge is 2.32. The second-order valence-electron chi connectivity index (χ2n) is 7.11. The molecular formula is C20H26N4O3. The molecule has 27 heavy (non-hydrogen) atoms. The average molecular weight is 370 g/mol. The molecule has 0 saturated carbocycles. The molecule has 0 spiro atoms. The summed E-state index contributed by atoms with van der Waals surface area (Å²) >= 11 is 0. The van der Waals surface area contributed by atoms with E-state index in [0.29, 0.717) is 24.6 Å². The van der Waals surface area contributed by atoms with Crippen LogP contribution in [-0.4, -0.2) is 65.2 Å². The van der Waals surface area contributed by atoms with Crippen LogP contribution in [0.25, 0.3) is 0 Å². The van der Waals surface area contributed by atoms with Crippen molar-refractivity contribution in [3.63, 3.8) is 0 Å². The van der Waals surface area contributed by atoms with E-state index in [-0.39, 0.29) is 18.4 Å². The third-order valence-electron chi connectivity index (χ3n) is 5.28. The van der Waals surface area contributed by atoms with Gasteiger partial charge in [-0.15, -0.1) is 0 Å². The number of piperidine rings is 1. The Morgan fingerprint density at radius 3 is 2.56 bits per heavy atom. The van der Waals surface area contributed by atoms with Crippen molar-refractivity contribution in [3.8, 4) is 0 Å². The van der Waals surface area contributed by atoms with E-state index < -0.39 is 5.91 Å². The Hall–Kier alpha value is -2.70. The monoisotopic (exact) mass is 370 g/mol. The summed E-state index contributed by atoms with van der Waals surface area (Å²) in [7, 11) is 0. The van der Waals surface area contributed by atoms with Crippen molar-refractivity contribution in [1.82, 2.24) is 14.8 Å². The Morgan fingerprint density at radius 2 is 2.00 bits per heavy atom. The van der Waals surface area contributed by atoms with Gasteiger partial charge >= 0.3 is 0 Å². The predicted octanol–water partition coefficient (Wildman–Crippen LogP) is 1.46. The summed E-state index contributed by atoms with van der Waals surface area (Å²) < 4.78 is 0. The van der Waals surface area contributed by atoms with Crippen LogP contribution in [0.1, 0.15) is 26.7 Å². The van der Waals surface area contributed by atoms with Gasteiger partial charge in [0.2, 0.25) is 5.91 Å². The maximum absolute atomic E-state index is 12.6. The number of pyridine rings is 1. The third kappa shape index (κ3) is 4.35. The minimum atomic E-state index is -0.398. The van der Waals surface area contributed by atoms with Crippen LogP contribution in [0, 0.1) is 5.92 Å². The molecule has 2 aliphatic heterocycles. The van der Waals surface area contributed by atoms with Gasteiger partial charge < -0.3 is 9.80 Å². The Balaban J connectivity index is 1.51. The second kappa shape index (κ2) is 8.33. The lowest BCUT2D eigenvalue weighted by Gasteiger charge is -2.35. The standard InChI is InChI=1S/C20H26N4O3/c1-3-22(19(26)14-24-18(25)12-15(2)20(24)27)13-16-7-10-23(11-8-16)17-6-4-5-9-21-17/h4-6,9,12,16H,3,7-8,10-11,13-14H2,1-2H3. The van der Waals surface area contributed by atoms with E-state index in [1.165, 1.54) is 6.08 Å². The van der Waals surface area contributed by atoms with Gasteiger partial charge in [0, 0.05) is 44.0 Å². The lowest BCUT2D eigenvalue weighted by atomic mass is 9.96. The number of carbonyl (C=O) groups excluding carboxylic acids is 3. The van der Waals surface area contributed by atoms with Crippen molar-refractivity contribution in [2.24, 2.45) is 5.92 Å². The largest absolute Gasteiger partial charge is 0.357 e. The van der Waals surface area contributed by atoms with Crippen molar-refractivity contribution < 1.29 is 14.4 Å². The van der Waals surface area contributed by atoms with Crippen molar-refractivity contribution in [3.05, 3.63) is 36.0 Å². The number of anilines is 1. The molecule has 3 amide bonds. The number of rotatable bonds is 6. The number of likely N-dealkylation sites (N-methyl/N-ethyl adjacent to an activating group) is 1. The highest BCUT2D eigenvalue weighted by atomic mass is 16.2. The van der Waals surface area contributed by atoms with Crippen molar-refractivity contribution in [1.29, 1.82) is 0 Å². The van der Waals surface area contributed by atoms with Gasteiger partial charge in [0.15, 0.2) is 0 Å². The van der Waals surface area contributed by atoms with E-state index in [1.54, 1.807) is 18.0 Å². The molecule has 0 aromatic carbocycles. The lowest BCUT2D eigenvalue weighted by molar-refractivity contribution is -0.144. The van der Waals surface area contributed by atoms with Crippen LogP contribution in [0.4, 0.5) is 5.82 Å². The molecule has 0 aliphatic carbocycles. The Labute approximate surface area is 159 Å². The summed E-state index contributed by atoms with van der Waals surface area (Å²) in [5.41, 5.74) is 0.387. The zero-order valence-electron chi connectivity index (χ0n) is 15.9. The fourth-order valence-corrected chi connectivity index (χ4v) is 3.63. The molecule has 0 bridgehead atoms. The maximum atomic E-state index is 12.6. The number of nitrogens with zero attached hydrogens (tertiary/aromatic N) is 4. The van der Waals surface area contributed by atoms with Gasteiger partial charge in [-0.05, 0) is 44.7 Å². The fourth-order valence-electron chi connectivity index (χ4n) is 3.63. The van der Waals surface area contributed by atoms with E-state index in [1.807, 2.05) is 25.1 Å². The van der Waals surface area contributed by atoms with Crippen LogP contribution >= 0.6 is 0 Å². The van der Waals surface area contributed by atoms with Gasteiger partial charge in [0.1, 0.15) is 12.4 Å². The molecule has 7 heteroatoms. The minimum Gasteiger partial charge on any atom is -0.357 e. The van der Waals surface area contributed by atoms with E-state index in [4.69, 9.17) is 0 Å². The van der Waals surface area contributed by atoms with Crippen LogP contribution in [0.5, 0.6) is 0 Å². The summed E-state index contributed by atoms with van der Waals surface area (Å²) in [5.74, 6) is 0.472. The summed E-state index contributed by atoms with van der Waals surface area (Å²) in [5, 5.41) is 0. The Kier molecular flexibility index (Phi) is 5.88. The Bertz CT molecular complexity index is 739. The second-order valence-corrected chi connectivity index (χ2v) is 7.11. The number of hydrogen-bond acceptors (Lipinski definition) is 5. The number of hydrogen-bond donors (Lipinski definition) is 0. The molecule has 3 rings (SSSR count). The van der Waals surface area contributed by atoms with Crippen molar-refractivity contribution >= 4 is 23.5 Å². The molecule has 1 aromatic heterocycles. The normalized spacial score (nSPS) is 18.1. The van der Waals surface area contributed by atoms with E-state index in [9.17, 15) is 14.4 Å². The van der Waals surface area contributed by atoms with E-state index in [2.05, 4.69) is 9.88 Å². The molecule has 1 saturated heterocycles. The first-order valence-corrected chi connectivity index (χ1v) is 9.47. The van der Waals surface area contributed by atoms with Gasteiger partial charge in [0.05, 0.1) is 0 Å². The van der Waals surface area contributed by atoms with Gasteiger partial charge in [-0.1, -0.05) is 6.07 Å². The average Bonchev–Trinajstić information content (AvgIpc) is 2.93. The minimum absolute atomic E-state index is 0.172. The van der Waals surface area contributed by atoms with Crippen LogP contribution in [0.3, 0.4) is 0 Å². The van der Waals surface area contributed by atoms with E-state index >= 15 is 0 Å². The fraction of sp³-hybridized carbons (Fsp3) is 0.500. The predicted molar refractivity (Wildman–Crippen MR) is 102 cm³/mol. The number of aromatic nitrogens is 1. The summed E-state index contributed by atoms with van der Waals surface area (Å²) in [4.78, 5) is 45.9. The third-order valence-corrected chi connectivity index (χ3v) is 5.28. The van der Waals surface area contributed by atoms with Crippen LogP contribution in [0.15, 0.2) is 36.0 Å². The highest BCUT2D eigenvalue weighted by molar-refractivity contribution is 6.17. The van der Waals surface area contributed by atoms with Crippen molar-refractivity contribution in [2.75, 3.05) is 37.6 Å². The van der Waals surface area contributed by atoms with Crippen molar-refractivity contribution in [2.45, 2.75) is 26.7 Å². The number of carbonyl (C=O) groups is 3. The first kappa shape index (κ1) is 19.1. The first-order chi connectivity index (χ1) is 13.0. The molecular weight excluding hydrogens is 344 g/mol. The van der Waals surface area contributed by atoms with Gasteiger partial charge in [-0.3, -0.25) is 19.3 Å². The zero-order valence-corrected chi connectivity index (χ0v) is 15.9. The molecule has 7 nitrogen and oxygen atoms in total. The highest BCUT2D eigenvalue weighted by Crippen LogP contribution is 2.22. The molecule has 2 aliphatic rings. The molecule has 0 radical (unpaired) electrons. The summed E-state index contributed by atoms with van der Waals surface area (Å²) in [6.07, 6.45) is 5.07. The number of imide groups is 1. The topological polar surface area (TPSA) is 73.8 Å². The molecule has 0 atom stereocenters. The van der Waals surface area contributed by atoms with Crippen LogP contribution in [0.2, 0.25) is 0 Å². The smallest absolute Gasteiger partial charge is 0.257 e. The van der Waals surface area contributed by atoms with E-state index in [0.717, 1.165) is 36.6 Å². The number of amides is 3. The molecule has 0 N–H and O–H groups in total. The quantitative estimate of drug-likeness (QED) is 0.709. The van der Waals surface area contributed by atoms with Gasteiger partial charge in [-0.2, -0.15) is 0 Å². The Morgan fingerprint density at radius 1 is 1.26 bits per heavy atom. The molecule has 144 valence electrons. The van der Waals surface area contributed by atoms with Crippen LogP contribution in [-0.2, 0) is 14.4 Å². The molecule has 0 unspecified atom stereocenters. The summed E-state index contributed by atoms with van der Waals surface area (Å²) in [6, 6.07) is 5.92. The molecule has 1 aromatic rings.